The van der Waals surface area contributed by atoms with Crippen LogP contribution in [0.3, 0.4) is 0 Å². The molecule has 0 unspecified atom stereocenters. The Hall–Kier alpha value is -3.71. The van der Waals surface area contributed by atoms with Gasteiger partial charge in [-0.2, -0.15) is 0 Å². The number of para-hydroxylation sites is 2. The van der Waals surface area contributed by atoms with E-state index in [0.717, 1.165) is 19.6 Å². The zero-order valence-electron chi connectivity index (χ0n) is 18.2. The first-order valence-electron chi connectivity index (χ1n) is 10.9. The summed E-state index contributed by atoms with van der Waals surface area (Å²) in [5.41, 5.74) is 1.75. The van der Waals surface area contributed by atoms with Gasteiger partial charge in [0.25, 0.3) is 11.8 Å². The Kier molecular flexibility index (Phi) is 7.32. The average Bonchev–Trinajstić information content (AvgIpc) is 2.85. The number of nitrogens with one attached hydrogen (secondary N) is 1. The Labute approximate surface area is 192 Å². The number of amides is 2. The summed E-state index contributed by atoms with van der Waals surface area (Å²) in [4.78, 5) is 29.5. The Bertz CT molecular complexity index is 1100. The second-order valence-corrected chi connectivity index (χ2v) is 7.87. The Morgan fingerprint density at radius 2 is 1.52 bits per heavy atom. The zero-order valence-corrected chi connectivity index (χ0v) is 18.2. The van der Waals surface area contributed by atoms with Crippen LogP contribution in [0.5, 0.6) is 5.75 Å². The van der Waals surface area contributed by atoms with Gasteiger partial charge < -0.3 is 15.0 Å². The molecule has 0 bridgehead atoms. The van der Waals surface area contributed by atoms with Crippen molar-refractivity contribution in [1.82, 2.24) is 9.80 Å². The van der Waals surface area contributed by atoms with Crippen LogP contribution in [0.25, 0.3) is 0 Å². The van der Waals surface area contributed by atoms with E-state index in [1.807, 2.05) is 23.1 Å². The van der Waals surface area contributed by atoms with Crippen LogP contribution in [0.2, 0.25) is 0 Å². The molecule has 4 rings (SSSR count). The van der Waals surface area contributed by atoms with Crippen LogP contribution in [0.1, 0.15) is 15.9 Å². The van der Waals surface area contributed by atoms with Gasteiger partial charge in [-0.1, -0.05) is 54.6 Å². The molecule has 3 aromatic rings. The number of carbonyl (C=O) groups is 2. The lowest BCUT2D eigenvalue weighted by Crippen LogP contribution is -2.48. The molecule has 1 N–H and O–H groups in total. The fraction of sp³-hybridized carbons (Fsp3) is 0.231. The van der Waals surface area contributed by atoms with E-state index in [2.05, 4.69) is 22.3 Å². The fourth-order valence-electron chi connectivity index (χ4n) is 3.78. The molecule has 1 fully saturated rings. The minimum atomic E-state index is -0.521. The number of carbonyl (C=O) groups excluding carboxylic acids is 2. The summed E-state index contributed by atoms with van der Waals surface area (Å²) >= 11 is 0. The highest BCUT2D eigenvalue weighted by atomic mass is 19.1. The van der Waals surface area contributed by atoms with Crippen molar-refractivity contribution in [3.63, 3.8) is 0 Å². The second kappa shape index (κ2) is 10.7. The van der Waals surface area contributed by atoms with Gasteiger partial charge in [-0.05, 0) is 29.8 Å². The second-order valence-electron chi connectivity index (χ2n) is 7.87. The van der Waals surface area contributed by atoms with Crippen molar-refractivity contribution >= 4 is 17.5 Å². The van der Waals surface area contributed by atoms with E-state index in [4.69, 9.17) is 4.74 Å². The largest absolute Gasteiger partial charge is 0.483 e. The number of hydrogen-bond acceptors (Lipinski definition) is 4. The highest BCUT2D eigenvalue weighted by Crippen LogP contribution is 2.21. The quantitative estimate of drug-likeness (QED) is 0.599. The lowest BCUT2D eigenvalue weighted by molar-refractivity contribution is -0.118. The molecule has 6 nitrogen and oxygen atoms in total. The zero-order chi connectivity index (χ0) is 23.0. The molecule has 3 aromatic carbocycles. The number of rotatable bonds is 7. The van der Waals surface area contributed by atoms with Gasteiger partial charge >= 0.3 is 0 Å². The van der Waals surface area contributed by atoms with Crippen molar-refractivity contribution in [3.05, 3.63) is 95.8 Å². The fourth-order valence-corrected chi connectivity index (χ4v) is 3.78. The van der Waals surface area contributed by atoms with Gasteiger partial charge in [0.2, 0.25) is 0 Å². The van der Waals surface area contributed by atoms with Crippen LogP contribution in [0.4, 0.5) is 10.1 Å². The van der Waals surface area contributed by atoms with Gasteiger partial charge in [-0.25, -0.2) is 4.39 Å². The van der Waals surface area contributed by atoms with Gasteiger partial charge in [0.1, 0.15) is 11.6 Å². The molecule has 170 valence electrons. The van der Waals surface area contributed by atoms with E-state index in [0.29, 0.717) is 24.4 Å². The van der Waals surface area contributed by atoms with E-state index in [-0.39, 0.29) is 18.2 Å². The van der Waals surface area contributed by atoms with Crippen molar-refractivity contribution in [2.45, 2.75) is 6.54 Å². The van der Waals surface area contributed by atoms with Gasteiger partial charge in [0.15, 0.2) is 6.61 Å². The molecule has 0 spiro atoms. The minimum absolute atomic E-state index is 0.0869. The molecular formula is C26H26FN3O3. The summed E-state index contributed by atoms with van der Waals surface area (Å²) in [6, 6.07) is 23.1. The first-order chi connectivity index (χ1) is 16.1. The van der Waals surface area contributed by atoms with E-state index in [9.17, 15) is 14.0 Å². The van der Waals surface area contributed by atoms with Crippen LogP contribution in [0, 0.1) is 5.82 Å². The highest BCUT2D eigenvalue weighted by Gasteiger charge is 2.24. The third kappa shape index (κ3) is 5.96. The lowest BCUT2D eigenvalue weighted by Gasteiger charge is -2.35. The van der Waals surface area contributed by atoms with Crippen molar-refractivity contribution < 1.29 is 18.7 Å². The molecule has 1 heterocycles. The number of hydrogen-bond donors (Lipinski definition) is 1. The average molecular weight is 448 g/mol. The Morgan fingerprint density at radius 3 is 2.27 bits per heavy atom. The molecule has 0 aliphatic carbocycles. The Balaban J connectivity index is 1.32. The normalized spacial score (nSPS) is 14.0. The number of anilines is 1. The molecule has 0 aromatic heterocycles. The summed E-state index contributed by atoms with van der Waals surface area (Å²) in [6.45, 7) is 3.34. The maximum Gasteiger partial charge on any atom is 0.262 e. The number of halogens is 1. The summed E-state index contributed by atoms with van der Waals surface area (Å²) in [5.74, 6) is -0.818. The standard InChI is InChI=1S/C26H26FN3O3/c27-22-11-5-6-12-23(22)28-25(31)19-33-24-13-7-4-10-21(24)26(32)30-16-14-29(15-17-30)18-20-8-2-1-3-9-20/h1-13H,14-19H2,(H,28,31). The summed E-state index contributed by atoms with van der Waals surface area (Å²) in [5, 5.41) is 2.48. The van der Waals surface area contributed by atoms with Gasteiger partial charge in [-0.15, -0.1) is 0 Å². The number of benzene rings is 3. The van der Waals surface area contributed by atoms with E-state index in [1.54, 1.807) is 36.4 Å². The number of piperazine rings is 1. The predicted octanol–water partition coefficient (Wildman–Crippen LogP) is 3.80. The summed E-state index contributed by atoms with van der Waals surface area (Å²) in [7, 11) is 0. The van der Waals surface area contributed by atoms with Crippen LogP contribution in [0.15, 0.2) is 78.9 Å². The predicted molar refractivity (Wildman–Crippen MR) is 125 cm³/mol. The third-order valence-corrected chi connectivity index (χ3v) is 5.53. The Morgan fingerprint density at radius 1 is 0.848 bits per heavy atom. The molecule has 0 saturated carbocycles. The molecule has 0 atom stereocenters. The molecule has 7 heteroatoms. The van der Waals surface area contributed by atoms with Crippen molar-refractivity contribution in [1.29, 1.82) is 0 Å². The van der Waals surface area contributed by atoms with Crippen LogP contribution in [-0.4, -0.2) is 54.4 Å². The van der Waals surface area contributed by atoms with E-state index < -0.39 is 11.7 Å². The van der Waals surface area contributed by atoms with Crippen molar-refractivity contribution in [2.75, 3.05) is 38.1 Å². The molecule has 33 heavy (non-hydrogen) atoms. The highest BCUT2D eigenvalue weighted by molar-refractivity contribution is 5.97. The van der Waals surface area contributed by atoms with Gasteiger partial charge in [-0.3, -0.25) is 14.5 Å². The minimum Gasteiger partial charge on any atom is -0.483 e. The molecule has 0 radical (unpaired) electrons. The molecule has 1 aliphatic rings. The third-order valence-electron chi connectivity index (χ3n) is 5.53. The van der Waals surface area contributed by atoms with E-state index >= 15 is 0 Å². The smallest absolute Gasteiger partial charge is 0.262 e. The SMILES string of the molecule is O=C(COc1ccccc1C(=O)N1CCN(Cc2ccccc2)CC1)Nc1ccccc1F. The number of ether oxygens (including phenoxy) is 1. The van der Waals surface area contributed by atoms with Crippen LogP contribution < -0.4 is 10.1 Å². The molecular weight excluding hydrogens is 421 g/mol. The molecule has 2 amide bonds. The van der Waals surface area contributed by atoms with Crippen LogP contribution >= 0.6 is 0 Å². The first-order valence-corrected chi connectivity index (χ1v) is 10.9. The van der Waals surface area contributed by atoms with Gasteiger partial charge in [0, 0.05) is 32.7 Å². The van der Waals surface area contributed by atoms with Crippen molar-refractivity contribution in [3.8, 4) is 5.75 Å². The van der Waals surface area contributed by atoms with Crippen LogP contribution in [-0.2, 0) is 11.3 Å². The van der Waals surface area contributed by atoms with Crippen molar-refractivity contribution in [2.24, 2.45) is 0 Å². The van der Waals surface area contributed by atoms with E-state index in [1.165, 1.54) is 17.7 Å². The maximum absolute atomic E-state index is 13.7. The topological polar surface area (TPSA) is 61.9 Å². The summed E-state index contributed by atoms with van der Waals surface area (Å²) < 4.78 is 19.4. The monoisotopic (exact) mass is 447 g/mol. The molecule has 1 saturated heterocycles. The number of nitrogens with zero attached hydrogens (tertiary/aromatic N) is 2. The lowest BCUT2D eigenvalue weighted by atomic mass is 10.1. The molecule has 1 aliphatic heterocycles. The first kappa shape index (κ1) is 22.5. The maximum atomic E-state index is 13.7. The van der Waals surface area contributed by atoms with Gasteiger partial charge in [0.05, 0.1) is 11.3 Å². The summed E-state index contributed by atoms with van der Waals surface area (Å²) in [6.07, 6.45) is 0.